The Hall–Kier alpha value is -1.69. The van der Waals surface area contributed by atoms with Crippen LogP contribution in [0.4, 0.5) is 5.69 Å². The standard InChI is InChI=1S/C10H10N2O3S/c1-8(13)16-6-2-3-9-4-5-10(7-11-9)12(14)15/h2-5,7H,6H2,1H3. The molecule has 1 heterocycles. The van der Waals surface area contributed by atoms with E-state index in [9.17, 15) is 14.9 Å². The molecule has 0 N–H and O–H groups in total. The molecule has 0 bridgehead atoms. The average molecular weight is 238 g/mol. The highest BCUT2D eigenvalue weighted by atomic mass is 32.2. The number of rotatable bonds is 4. The minimum atomic E-state index is -0.494. The second-order valence-corrected chi connectivity index (χ2v) is 4.10. The van der Waals surface area contributed by atoms with Crippen LogP contribution in [0.25, 0.3) is 6.08 Å². The Labute approximate surface area is 96.7 Å². The van der Waals surface area contributed by atoms with Crippen LogP contribution in [0.15, 0.2) is 24.4 Å². The minimum absolute atomic E-state index is 0.0322. The predicted molar refractivity (Wildman–Crippen MR) is 63.1 cm³/mol. The van der Waals surface area contributed by atoms with Gasteiger partial charge in [0.25, 0.3) is 5.69 Å². The highest BCUT2D eigenvalue weighted by Gasteiger charge is 2.03. The van der Waals surface area contributed by atoms with E-state index >= 15 is 0 Å². The van der Waals surface area contributed by atoms with Crippen molar-refractivity contribution in [2.45, 2.75) is 6.92 Å². The molecule has 0 aliphatic rings. The average Bonchev–Trinajstić information content (AvgIpc) is 2.25. The van der Waals surface area contributed by atoms with E-state index < -0.39 is 4.92 Å². The molecule has 84 valence electrons. The first-order valence-corrected chi connectivity index (χ1v) is 5.48. The molecule has 1 rings (SSSR count). The van der Waals surface area contributed by atoms with E-state index in [2.05, 4.69) is 4.98 Å². The summed E-state index contributed by atoms with van der Waals surface area (Å²) >= 11 is 1.20. The van der Waals surface area contributed by atoms with E-state index in [1.54, 1.807) is 18.2 Å². The van der Waals surface area contributed by atoms with Crippen LogP contribution >= 0.6 is 11.8 Å². The van der Waals surface area contributed by atoms with Gasteiger partial charge >= 0.3 is 0 Å². The topological polar surface area (TPSA) is 73.1 Å². The summed E-state index contributed by atoms with van der Waals surface area (Å²) in [6, 6.07) is 2.96. The van der Waals surface area contributed by atoms with Crippen molar-refractivity contribution in [2.75, 3.05) is 5.75 Å². The number of nitro groups is 1. The molecular weight excluding hydrogens is 228 g/mol. The molecule has 0 aliphatic heterocycles. The molecule has 6 heteroatoms. The quantitative estimate of drug-likeness (QED) is 0.594. The molecule has 0 saturated heterocycles. The molecule has 0 unspecified atom stereocenters. The lowest BCUT2D eigenvalue weighted by atomic mass is 10.3. The van der Waals surface area contributed by atoms with Crippen LogP contribution in [0.3, 0.4) is 0 Å². The maximum absolute atomic E-state index is 10.6. The summed E-state index contributed by atoms with van der Waals surface area (Å²) in [6.07, 6.45) is 4.72. The van der Waals surface area contributed by atoms with Gasteiger partial charge in [0.1, 0.15) is 6.20 Å². The first-order chi connectivity index (χ1) is 7.59. The number of hydrogen-bond donors (Lipinski definition) is 0. The van der Waals surface area contributed by atoms with Crippen molar-refractivity contribution in [1.82, 2.24) is 4.98 Å². The number of carbonyl (C=O) groups excluding carboxylic acids is 1. The van der Waals surface area contributed by atoms with Gasteiger partial charge in [-0.1, -0.05) is 17.8 Å². The van der Waals surface area contributed by atoms with Gasteiger partial charge in [-0.05, 0) is 12.1 Å². The second kappa shape index (κ2) is 6.02. The Kier molecular flexibility index (Phi) is 4.65. The molecule has 0 fully saturated rings. The zero-order chi connectivity index (χ0) is 12.0. The van der Waals surface area contributed by atoms with Crippen molar-refractivity contribution in [3.8, 4) is 0 Å². The number of nitrogens with zero attached hydrogens (tertiary/aromatic N) is 2. The van der Waals surface area contributed by atoms with Gasteiger partial charge in [0, 0.05) is 18.7 Å². The van der Waals surface area contributed by atoms with E-state index in [1.807, 2.05) is 0 Å². The largest absolute Gasteiger partial charge is 0.288 e. The summed E-state index contributed by atoms with van der Waals surface area (Å²) in [5, 5.41) is 10.4. The zero-order valence-corrected chi connectivity index (χ0v) is 9.44. The van der Waals surface area contributed by atoms with Crippen LogP contribution < -0.4 is 0 Å². The normalized spacial score (nSPS) is 10.6. The lowest BCUT2D eigenvalue weighted by molar-refractivity contribution is -0.385. The third-order valence-corrected chi connectivity index (χ3v) is 2.42. The number of pyridine rings is 1. The van der Waals surface area contributed by atoms with Gasteiger partial charge < -0.3 is 0 Å². The molecule has 0 aromatic carbocycles. The van der Waals surface area contributed by atoms with Crippen molar-refractivity contribution in [3.63, 3.8) is 0 Å². The van der Waals surface area contributed by atoms with Crippen LogP contribution in [-0.2, 0) is 4.79 Å². The Morgan fingerprint density at radius 3 is 2.88 bits per heavy atom. The van der Waals surface area contributed by atoms with Gasteiger partial charge in [0.15, 0.2) is 5.12 Å². The van der Waals surface area contributed by atoms with Gasteiger partial charge in [-0.25, -0.2) is 4.98 Å². The maximum atomic E-state index is 10.6. The molecule has 0 amide bonds. The summed E-state index contributed by atoms with van der Waals surface area (Å²) in [7, 11) is 0. The van der Waals surface area contributed by atoms with Crippen molar-refractivity contribution in [3.05, 3.63) is 40.2 Å². The number of aromatic nitrogens is 1. The highest BCUT2D eigenvalue weighted by Crippen LogP contribution is 2.10. The van der Waals surface area contributed by atoms with Crippen LogP contribution in [-0.4, -0.2) is 20.8 Å². The minimum Gasteiger partial charge on any atom is -0.288 e. The molecule has 5 nitrogen and oxygen atoms in total. The molecule has 0 aliphatic carbocycles. The van der Waals surface area contributed by atoms with Crippen molar-refractivity contribution >= 4 is 28.6 Å². The summed E-state index contributed by atoms with van der Waals surface area (Å²) in [4.78, 5) is 24.4. The SMILES string of the molecule is CC(=O)SCC=Cc1ccc([N+](=O)[O-])cn1. The van der Waals surface area contributed by atoms with Gasteiger partial charge in [0.2, 0.25) is 0 Å². The molecule has 0 radical (unpaired) electrons. The first kappa shape index (κ1) is 12.4. The molecule has 16 heavy (non-hydrogen) atoms. The molecule has 0 saturated carbocycles. The Morgan fingerprint density at radius 1 is 1.62 bits per heavy atom. The molecule has 0 atom stereocenters. The zero-order valence-electron chi connectivity index (χ0n) is 8.62. The number of hydrogen-bond acceptors (Lipinski definition) is 5. The highest BCUT2D eigenvalue weighted by molar-refractivity contribution is 8.13. The second-order valence-electron chi connectivity index (χ2n) is 2.90. The monoisotopic (exact) mass is 238 g/mol. The Morgan fingerprint density at radius 2 is 2.38 bits per heavy atom. The van der Waals surface area contributed by atoms with Crippen LogP contribution in [0.5, 0.6) is 0 Å². The molecule has 0 spiro atoms. The Bertz CT molecular complexity index is 415. The van der Waals surface area contributed by atoms with Crippen molar-refractivity contribution < 1.29 is 9.72 Å². The fourth-order valence-corrected chi connectivity index (χ4v) is 1.37. The number of carbonyl (C=O) groups is 1. The van der Waals surface area contributed by atoms with Crippen LogP contribution in [0.1, 0.15) is 12.6 Å². The number of thioether (sulfide) groups is 1. The van der Waals surface area contributed by atoms with Crippen molar-refractivity contribution in [1.29, 1.82) is 0 Å². The van der Waals surface area contributed by atoms with E-state index in [1.165, 1.54) is 30.9 Å². The third-order valence-electron chi connectivity index (χ3n) is 1.65. The third kappa shape index (κ3) is 4.22. The summed E-state index contributed by atoms with van der Waals surface area (Å²) in [5.41, 5.74) is 0.602. The van der Waals surface area contributed by atoms with Gasteiger partial charge in [-0.3, -0.25) is 14.9 Å². The van der Waals surface area contributed by atoms with Crippen LogP contribution in [0.2, 0.25) is 0 Å². The smallest absolute Gasteiger partial charge is 0.287 e. The fourth-order valence-electron chi connectivity index (χ4n) is 0.938. The fraction of sp³-hybridized carbons (Fsp3) is 0.200. The lowest BCUT2D eigenvalue weighted by Crippen LogP contribution is -1.89. The summed E-state index contributed by atoms with van der Waals surface area (Å²) in [5.74, 6) is 0.577. The summed E-state index contributed by atoms with van der Waals surface area (Å²) in [6.45, 7) is 1.50. The lowest BCUT2D eigenvalue weighted by Gasteiger charge is -1.93. The summed E-state index contributed by atoms with van der Waals surface area (Å²) < 4.78 is 0. The molecule has 1 aromatic heterocycles. The van der Waals surface area contributed by atoms with E-state index in [-0.39, 0.29) is 10.8 Å². The van der Waals surface area contributed by atoms with Crippen LogP contribution in [0, 0.1) is 10.1 Å². The first-order valence-electron chi connectivity index (χ1n) is 4.50. The maximum Gasteiger partial charge on any atom is 0.287 e. The van der Waals surface area contributed by atoms with E-state index in [0.29, 0.717) is 11.4 Å². The Balaban J connectivity index is 2.55. The predicted octanol–water partition coefficient (Wildman–Crippen LogP) is 2.28. The van der Waals surface area contributed by atoms with E-state index in [4.69, 9.17) is 0 Å². The van der Waals surface area contributed by atoms with Crippen molar-refractivity contribution in [2.24, 2.45) is 0 Å². The van der Waals surface area contributed by atoms with Gasteiger partial charge in [0.05, 0.1) is 10.6 Å². The molecular formula is C10H10N2O3S. The van der Waals surface area contributed by atoms with E-state index in [0.717, 1.165) is 0 Å². The van der Waals surface area contributed by atoms with Gasteiger partial charge in [-0.15, -0.1) is 0 Å². The molecule has 1 aromatic rings. The van der Waals surface area contributed by atoms with Gasteiger partial charge in [-0.2, -0.15) is 0 Å².